The van der Waals surface area contributed by atoms with Gasteiger partial charge in [-0.2, -0.15) is 5.26 Å². The number of phenolic OH excluding ortho intramolecular Hbond substituents is 1. The predicted molar refractivity (Wildman–Crippen MR) is 88.1 cm³/mol. The van der Waals surface area contributed by atoms with E-state index in [9.17, 15) is 0 Å². The number of aromatic hydroxyl groups is 1. The van der Waals surface area contributed by atoms with Crippen LogP contribution in [0.4, 0.5) is 5.69 Å². The first-order valence-corrected chi connectivity index (χ1v) is 7.11. The Kier molecular flexibility index (Phi) is 5.10. The lowest BCUT2D eigenvalue weighted by Gasteiger charge is -2.13. The normalized spacial score (nSPS) is 12.3. The van der Waals surface area contributed by atoms with E-state index in [0.717, 1.165) is 19.1 Å². The number of rotatable bonds is 1. The van der Waals surface area contributed by atoms with Crippen molar-refractivity contribution in [3.63, 3.8) is 0 Å². The fourth-order valence-corrected chi connectivity index (χ4v) is 2.34. The van der Waals surface area contributed by atoms with Gasteiger partial charge in [-0.25, -0.2) is 0 Å². The molecule has 3 rings (SSSR count). The first-order valence-electron chi connectivity index (χ1n) is 7.11. The topological polar surface area (TPSA) is 107 Å². The molecule has 2 aromatic rings. The molecule has 0 atom stereocenters. The molecule has 1 heterocycles. The number of aryl methyl sites for hydroxylation is 2. The lowest BCUT2D eigenvalue weighted by molar-refractivity contribution is 0.475. The molecule has 0 saturated carbocycles. The van der Waals surface area contributed by atoms with Crippen molar-refractivity contribution in [2.45, 2.75) is 25.7 Å². The minimum atomic E-state index is 0. The van der Waals surface area contributed by atoms with Crippen molar-refractivity contribution in [3.8, 4) is 11.8 Å². The minimum Gasteiger partial charge on any atom is -0.508 e. The molecule has 5 heteroatoms. The number of nitrogens with zero attached hydrogens (tertiary/aromatic N) is 2. The first kappa shape index (κ1) is 15.5. The van der Waals surface area contributed by atoms with Gasteiger partial charge in [0.1, 0.15) is 11.8 Å². The van der Waals surface area contributed by atoms with Gasteiger partial charge in [0.05, 0.1) is 5.56 Å². The standard InChI is InChI=1S/C10H10N2.C7H8N2O.H2/c11-6-8-5-9-3-1-2-4-10(9)12-7-8;8-4-5-1-2-6(10)3-7(5)9;/h5,7H,1-4H2;1-4,8,10H,9H2;1H. The second-order valence-electron chi connectivity index (χ2n) is 5.11. The van der Waals surface area contributed by atoms with Gasteiger partial charge in [-0.05, 0) is 49.4 Å². The van der Waals surface area contributed by atoms with Gasteiger partial charge in [0.2, 0.25) is 0 Å². The van der Waals surface area contributed by atoms with Gasteiger partial charge >= 0.3 is 0 Å². The van der Waals surface area contributed by atoms with Crippen molar-refractivity contribution in [2.24, 2.45) is 0 Å². The van der Waals surface area contributed by atoms with Crippen LogP contribution in [0.25, 0.3) is 0 Å². The third-order valence-electron chi connectivity index (χ3n) is 3.52. The van der Waals surface area contributed by atoms with Crippen molar-refractivity contribution in [2.75, 3.05) is 5.73 Å². The molecule has 0 fully saturated rings. The summed E-state index contributed by atoms with van der Waals surface area (Å²) in [6.07, 6.45) is 7.48. The van der Waals surface area contributed by atoms with E-state index in [1.54, 1.807) is 12.3 Å². The summed E-state index contributed by atoms with van der Waals surface area (Å²) in [7, 11) is 0. The molecule has 5 nitrogen and oxygen atoms in total. The van der Waals surface area contributed by atoms with E-state index in [0.29, 0.717) is 16.8 Å². The smallest absolute Gasteiger partial charge is 0.117 e. The minimum absolute atomic E-state index is 0. The zero-order valence-corrected chi connectivity index (χ0v) is 12.2. The van der Waals surface area contributed by atoms with Crippen molar-refractivity contribution in [3.05, 3.63) is 52.8 Å². The average molecular weight is 296 g/mol. The highest BCUT2D eigenvalue weighted by atomic mass is 16.3. The Morgan fingerprint density at radius 1 is 1.32 bits per heavy atom. The largest absolute Gasteiger partial charge is 0.508 e. The fraction of sp³-hybridized carbons (Fsp3) is 0.235. The second kappa shape index (κ2) is 7.23. The first-order chi connectivity index (χ1) is 10.6. The summed E-state index contributed by atoms with van der Waals surface area (Å²) in [5.41, 5.74) is 9.63. The number of pyridine rings is 1. The average Bonchev–Trinajstić information content (AvgIpc) is 2.55. The predicted octanol–water partition coefficient (Wildman–Crippen LogP) is 3.05. The number of fused-ring (bicyclic) bond motifs is 1. The molecular formula is C17H20N4O. The summed E-state index contributed by atoms with van der Waals surface area (Å²) < 4.78 is 0. The van der Waals surface area contributed by atoms with Crippen LogP contribution in [0.3, 0.4) is 0 Å². The maximum absolute atomic E-state index is 8.88. The number of hydrogen-bond donors (Lipinski definition) is 3. The van der Waals surface area contributed by atoms with E-state index >= 15 is 0 Å². The Morgan fingerprint density at radius 3 is 2.77 bits per heavy atom. The number of nitriles is 1. The Morgan fingerprint density at radius 2 is 2.09 bits per heavy atom. The van der Waals surface area contributed by atoms with E-state index in [1.807, 2.05) is 6.07 Å². The monoisotopic (exact) mass is 296 g/mol. The van der Waals surface area contributed by atoms with Crippen LogP contribution in [0, 0.1) is 16.7 Å². The highest BCUT2D eigenvalue weighted by molar-refractivity contribution is 5.85. The van der Waals surface area contributed by atoms with Gasteiger partial charge in [0.15, 0.2) is 0 Å². The van der Waals surface area contributed by atoms with Gasteiger partial charge in [-0.1, -0.05) is 0 Å². The molecule has 0 saturated heterocycles. The third kappa shape index (κ3) is 3.83. The summed E-state index contributed by atoms with van der Waals surface area (Å²) in [6.45, 7) is 0. The Bertz CT molecular complexity index is 725. The van der Waals surface area contributed by atoms with Crippen molar-refractivity contribution in [1.82, 2.24) is 4.98 Å². The van der Waals surface area contributed by atoms with E-state index in [-0.39, 0.29) is 7.18 Å². The number of hydrogen-bond acceptors (Lipinski definition) is 5. The lowest BCUT2D eigenvalue weighted by Crippen LogP contribution is -2.05. The fourth-order valence-electron chi connectivity index (χ4n) is 2.34. The number of aromatic nitrogens is 1. The van der Waals surface area contributed by atoms with Crippen molar-refractivity contribution in [1.29, 1.82) is 10.7 Å². The van der Waals surface area contributed by atoms with Crippen LogP contribution in [-0.2, 0) is 12.8 Å². The summed E-state index contributed by atoms with van der Waals surface area (Å²) in [5.74, 6) is 0.128. The lowest BCUT2D eigenvalue weighted by atomic mass is 9.95. The quantitative estimate of drug-likeness (QED) is 0.555. The van der Waals surface area contributed by atoms with Crippen molar-refractivity contribution >= 4 is 11.9 Å². The van der Waals surface area contributed by atoms with Gasteiger partial charge < -0.3 is 16.2 Å². The molecule has 1 aliphatic carbocycles. The van der Waals surface area contributed by atoms with E-state index in [1.165, 1.54) is 36.2 Å². The molecule has 0 amide bonds. The van der Waals surface area contributed by atoms with Crippen LogP contribution in [0.2, 0.25) is 0 Å². The van der Waals surface area contributed by atoms with E-state index < -0.39 is 0 Å². The highest BCUT2D eigenvalue weighted by Gasteiger charge is 2.10. The number of anilines is 1. The van der Waals surface area contributed by atoms with Crippen LogP contribution < -0.4 is 5.73 Å². The molecule has 114 valence electrons. The van der Waals surface area contributed by atoms with Crippen LogP contribution in [0.1, 0.15) is 36.7 Å². The van der Waals surface area contributed by atoms with E-state index in [4.69, 9.17) is 21.5 Å². The van der Waals surface area contributed by atoms with Crippen LogP contribution >= 0.6 is 0 Å². The molecule has 0 aliphatic heterocycles. The van der Waals surface area contributed by atoms with Gasteiger partial charge in [-0.3, -0.25) is 4.98 Å². The molecular weight excluding hydrogens is 276 g/mol. The van der Waals surface area contributed by atoms with Gasteiger partial charge in [0, 0.05) is 36.8 Å². The summed E-state index contributed by atoms with van der Waals surface area (Å²) >= 11 is 0. The third-order valence-corrected chi connectivity index (χ3v) is 3.52. The molecule has 1 aliphatic rings. The number of phenols is 1. The molecule has 0 radical (unpaired) electrons. The number of nitrogens with two attached hydrogens (primary N) is 1. The Labute approximate surface area is 131 Å². The maximum Gasteiger partial charge on any atom is 0.117 e. The molecule has 1 aromatic heterocycles. The summed E-state index contributed by atoms with van der Waals surface area (Å²) in [6, 6.07) is 8.60. The van der Waals surface area contributed by atoms with Gasteiger partial charge in [-0.15, -0.1) is 0 Å². The summed E-state index contributed by atoms with van der Waals surface area (Å²) in [5, 5.41) is 24.4. The zero-order valence-electron chi connectivity index (χ0n) is 12.2. The molecule has 1 aromatic carbocycles. The number of nitrogens with one attached hydrogen (secondary N) is 1. The molecule has 0 spiro atoms. The SMILES string of the molecule is N#Cc1cnc2c(c1)CCCC2.N=Cc1ccc(O)cc1N.[HH]. The summed E-state index contributed by atoms with van der Waals surface area (Å²) in [4.78, 5) is 4.27. The number of benzene rings is 1. The number of nitrogen functional groups attached to an aromatic ring is 1. The molecule has 22 heavy (non-hydrogen) atoms. The molecule has 4 N–H and O–H groups in total. The van der Waals surface area contributed by atoms with Crippen LogP contribution in [0.15, 0.2) is 30.5 Å². The van der Waals surface area contributed by atoms with Crippen LogP contribution in [-0.4, -0.2) is 16.3 Å². The molecule has 0 unspecified atom stereocenters. The maximum atomic E-state index is 8.88. The van der Waals surface area contributed by atoms with E-state index in [2.05, 4.69) is 11.1 Å². The van der Waals surface area contributed by atoms with Gasteiger partial charge in [0.25, 0.3) is 0 Å². The Balaban J connectivity index is 0.000000224. The van der Waals surface area contributed by atoms with Crippen LogP contribution in [0.5, 0.6) is 5.75 Å². The zero-order chi connectivity index (χ0) is 15.9. The highest BCUT2D eigenvalue weighted by Crippen LogP contribution is 2.19. The second-order valence-corrected chi connectivity index (χ2v) is 5.11. The molecule has 0 bridgehead atoms. The Hall–Kier alpha value is -2.87. The van der Waals surface area contributed by atoms with Crippen molar-refractivity contribution < 1.29 is 6.53 Å².